The number of nitrogens with zero attached hydrogens (tertiary/aromatic N) is 5. The zero-order valence-corrected chi connectivity index (χ0v) is 13.4. The zero-order valence-electron chi connectivity index (χ0n) is 13.4. The van der Waals surface area contributed by atoms with E-state index in [1.165, 1.54) is 10.9 Å². The lowest BCUT2D eigenvalue weighted by molar-refractivity contribution is -0.385. The van der Waals surface area contributed by atoms with E-state index in [1.807, 2.05) is 0 Å². The van der Waals surface area contributed by atoms with Gasteiger partial charge in [0.15, 0.2) is 5.69 Å². The Morgan fingerprint density at radius 3 is 2.73 bits per heavy atom. The molecule has 0 radical (unpaired) electrons. The Morgan fingerprint density at radius 1 is 1.42 bits per heavy atom. The summed E-state index contributed by atoms with van der Waals surface area (Å²) < 4.78 is 40.8. The molecule has 1 aliphatic carbocycles. The van der Waals surface area contributed by atoms with Gasteiger partial charge in [0.1, 0.15) is 18.9 Å². The number of amides is 1. The maximum atomic E-state index is 12.8. The van der Waals surface area contributed by atoms with E-state index in [1.54, 1.807) is 0 Å². The normalized spacial score (nSPS) is 14.4. The van der Waals surface area contributed by atoms with Crippen molar-refractivity contribution in [2.45, 2.75) is 38.0 Å². The van der Waals surface area contributed by atoms with E-state index in [0.717, 1.165) is 29.8 Å². The van der Waals surface area contributed by atoms with Crippen molar-refractivity contribution in [3.63, 3.8) is 0 Å². The Morgan fingerprint density at radius 2 is 2.15 bits per heavy atom. The highest BCUT2D eigenvalue weighted by molar-refractivity contribution is 5.75. The Kier molecular flexibility index (Phi) is 4.66. The van der Waals surface area contributed by atoms with Crippen LogP contribution in [-0.4, -0.2) is 36.9 Å². The molecule has 0 atom stereocenters. The first-order valence-corrected chi connectivity index (χ1v) is 7.82. The largest absolute Gasteiger partial charge is 0.435 e. The van der Waals surface area contributed by atoms with Gasteiger partial charge >= 0.3 is 11.9 Å². The van der Waals surface area contributed by atoms with Gasteiger partial charge in [-0.2, -0.15) is 23.4 Å². The first kappa shape index (κ1) is 17.9. The van der Waals surface area contributed by atoms with E-state index in [-0.39, 0.29) is 31.2 Å². The van der Waals surface area contributed by atoms with E-state index in [0.29, 0.717) is 5.69 Å². The number of carbonyl (C=O) groups excluding carboxylic acids is 1. The highest BCUT2D eigenvalue weighted by Gasteiger charge is 2.38. The predicted octanol–water partition coefficient (Wildman–Crippen LogP) is 1.70. The molecule has 140 valence electrons. The number of aromatic nitrogens is 4. The number of nitrogens with one attached hydrogen (secondary N) is 1. The van der Waals surface area contributed by atoms with Gasteiger partial charge in [0.2, 0.25) is 5.91 Å². The fourth-order valence-electron chi connectivity index (χ4n) is 2.48. The summed E-state index contributed by atoms with van der Waals surface area (Å²) in [4.78, 5) is 22.0. The molecule has 1 N–H and O–H groups in total. The van der Waals surface area contributed by atoms with Crippen LogP contribution in [0.4, 0.5) is 18.9 Å². The molecule has 2 heterocycles. The van der Waals surface area contributed by atoms with Crippen LogP contribution in [0.1, 0.15) is 30.1 Å². The van der Waals surface area contributed by atoms with Crippen molar-refractivity contribution in [2.75, 3.05) is 6.54 Å². The van der Waals surface area contributed by atoms with Crippen LogP contribution in [0.25, 0.3) is 0 Å². The van der Waals surface area contributed by atoms with E-state index in [2.05, 4.69) is 15.5 Å². The van der Waals surface area contributed by atoms with E-state index in [4.69, 9.17) is 0 Å². The van der Waals surface area contributed by atoms with Crippen LogP contribution in [0, 0.1) is 10.1 Å². The van der Waals surface area contributed by atoms with Crippen molar-refractivity contribution >= 4 is 11.6 Å². The molecule has 2 aromatic heterocycles. The van der Waals surface area contributed by atoms with Gasteiger partial charge in [-0.25, -0.2) is 0 Å². The van der Waals surface area contributed by atoms with Crippen LogP contribution in [0.2, 0.25) is 0 Å². The van der Waals surface area contributed by atoms with Crippen molar-refractivity contribution in [3.05, 3.63) is 40.0 Å². The van der Waals surface area contributed by atoms with Gasteiger partial charge in [-0.3, -0.25) is 24.3 Å². The Labute approximate surface area is 144 Å². The summed E-state index contributed by atoms with van der Waals surface area (Å²) in [7, 11) is 0. The molecule has 0 aromatic carbocycles. The van der Waals surface area contributed by atoms with Gasteiger partial charge in [0, 0.05) is 18.2 Å². The minimum absolute atomic E-state index is 0.0102. The average molecular weight is 372 g/mol. The number of nitro groups is 1. The third-order valence-corrected chi connectivity index (χ3v) is 3.88. The highest BCUT2D eigenvalue weighted by Crippen LogP contribution is 2.42. The molecule has 3 rings (SSSR count). The minimum atomic E-state index is -4.56. The second kappa shape index (κ2) is 6.77. The molecule has 0 aliphatic heterocycles. The zero-order chi connectivity index (χ0) is 18.9. The van der Waals surface area contributed by atoms with Crippen LogP contribution in [0.5, 0.6) is 0 Å². The SMILES string of the molecule is O=C(Cn1nc(C(F)(F)F)cc1C1CC1)NCCn1cc([N+](=O)[O-])cn1. The monoisotopic (exact) mass is 372 g/mol. The quantitative estimate of drug-likeness (QED) is 0.588. The van der Waals surface area contributed by atoms with Gasteiger partial charge < -0.3 is 5.32 Å². The molecule has 2 aromatic rings. The third-order valence-electron chi connectivity index (χ3n) is 3.88. The molecule has 0 unspecified atom stereocenters. The summed E-state index contributed by atoms with van der Waals surface area (Å²) in [5.41, 5.74) is -0.757. The lowest BCUT2D eigenvalue weighted by atomic mass is 10.2. The summed E-state index contributed by atoms with van der Waals surface area (Å²) in [6.45, 7) is 0.00691. The standard InChI is InChI=1S/C14H15F3N6O3/c15-14(16,17)12-5-11(9-1-2-9)22(20-12)8-13(24)18-3-4-21-7-10(6-19-21)23(25)26/h5-7,9H,1-4,8H2,(H,18,24). The minimum Gasteiger partial charge on any atom is -0.353 e. The van der Waals surface area contributed by atoms with Gasteiger partial charge in [0.05, 0.1) is 11.5 Å². The number of halogens is 3. The lowest BCUT2D eigenvalue weighted by Crippen LogP contribution is -2.31. The van der Waals surface area contributed by atoms with Crippen molar-refractivity contribution in [3.8, 4) is 0 Å². The topological polar surface area (TPSA) is 108 Å². The summed E-state index contributed by atoms with van der Waals surface area (Å²) in [6.07, 6.45) is -0.682. The highest BCUT2D eigenvalue weighted by atomic mass is 19.4. The van der Waals surface area contributed by atoms with Gasteiger partial charge in [-0.1, -0.05) is 0 Å². The number of alkyl halides is 3. The second-order valence-corrected chi connectivity index (χ2v) is 5.95. The summed E-state index contributed by atoms with van der Waals surface area (Å²) >= 11 is 0. The molecule has 26 heavy (non-hydrogen) atoms. The molecule has 1 aliphatic rings. The lowest BCUT2D eigenvalue weighted by Gasteiger charge is -2.08. The van der Waals surface area contributed by atoms with Crippen molar-refractivity contribution in [1.82, 2.24) is 24.9 Å². The second-order valence-electron chi connectivity index (χ2n) is 5.95. The van der Waals surface area contributed by atoms with Crippen LogP contribution in [0.15, 0.2) is 18.5 Å². The van der Waals surface area contributed by atoms with Crippen molar-refractivity contribution in [1.29, 1.82) is 0 Å². The fraction of sp³-hybridized carbons (Fsp3) is 0.500. The fourth-order valence-corrected chi connectivity index (χ4v) is 2.48. The molecule has 9 nitrogen and oxygen atoms in total. The smallest absolute Gasteiger partial charge is 0.353 e. The Hall–Kier alpha value is -2.92. The molecular weight excluding hydrogens is 357 g/mol. The molecule has 12 heteroatoms. The van der Waals surface area contributed by atoms with Gasteiger partial charge in [-0.15, -0.1) is 0 Å². The Bertz CT molecular complexity index is 824. The molecular formula is C14H15F3N6O3. The first-order valence-electron chi connectivity index (χ1n) is 7.82. The van der Waals surface area contributed by atoms with E-state index < -0.39 is 22.7 Å². The Balaban J connectivity index is 1.56. The predicted molar refractivity (Wildman–Crippen MR) is 81.1 cm³/mol. The van der Waals surface area contributed by atoms with Crippen LogP contribution in [-0.2, 0) is 24.1 Å². The summed E-state index contributed by atoms with van der Waals surface area (Å²) in [5, 5.41) is 20.4. The number of hydrogen-bond donors (Lipinski definition) is 1. The van der Waals surface area contributed by atoms with E-state index >= 15 is 0 Å². The third kappa shape index (κ3) is 4.18. The maximum absolute atomic E-state index is 12.8. The first-order chi connectivity index (χ1) is 12.2. The van der Waals surface area contributed by atoms with Crippen molar-refractivity contribution in [2.24, 2.45) is 0 Å². The van der Waals surface area contributed by atoms with Crippen LogP contribution < -0.4 is 5.32 Å². The number of rotatable bonds is 7. The number of hydrogen-bond acceptors (Lipinski definition) is 5. The molecule has 1 fully saturated rings. The van der Waals surface area contributed by atoms with Gasteiger partial charge in [-0.05, 0) is 18.9 Å². The molecule has 0 spiro atoms. The average Bonchev–Trinajstić information content (AvgIpc) is 3.11. The molecule has 0 bridgehead atoms. The van der Waals surface area contributed by atoms with Crippen LogP contribution >= 0.6 is 0 Å². The van der Waals surface area contributed by atoms with E-state index in [9.17, 15) is 28.1 Å². The molecule has 1 saturated carbocycles. The number of carbonyl (C=O) groups is 1. The summed E-state index contributed by atoms with van der Waals surface area (Å²) in [6, 6.07) is 0.994. The van der Waals surface area contributed by atoms with Crippen molar-refractivity contribution < 1.29 is 22.9 Å². The molecule has 0 saturated heterocycles. The maximum Gasteiger partial charge on any atom is 0.435 e. The molecule has 1 amide bonds. The van der Waals surface area contributed by atoms with Gasteiger partial charge in [0.25, 0.3) is 0 Å². The van der Waals surface area contributed by atoms with Crippen LogP contribution in [0.3, 0.4) is 0 Å². The summed E-state index contributed by atoms with van der Waals surface area (Å²) in [5.74, 6) is -0.485.